The van der Waals surface area contributed by atoms with Crippen molar-refractivity contribution in [3.63, 3.8) is 0 Å². The summed E-state index contributed by atoms with van der Waals surface area (Å²) in [5.41, 5.74) is 9.96. The molecule has 0 radical (unpaired) electrons. The van der Waals surface area contributed by atoms with Crippen LogP contribution >= 0.6 is 0 Å². The second-order valence-corrected chi connectivity index (χ2v) is 10.1. The highest BCUT2D eigenvalue weighted by molar-refractivity contribution is 6.09. The number of fused-ring (bicyclic) bond motifs is 3. The van der Waals surface area contributed by atoms with Crippen molar-refractivity contribution < 1.29 is 4.42 Å². The monoisotopic (exact) mass is 525 g/mol. The Hall–Kier alpha value is -5.61. The Kier molecular flexibility index (Phi) is 5.42. The molecule has 0 atom stereocenters. The topological polar surface area (TPSA) is 51.8 Å². The molecule has 192 valence electrons. The first kappa shape index (κ1) is 23.3. The van der Waals surface area contributed by atoms with Crippen LogP contribution in [0.1, 0.15) is 0 Å². The first-order valence-corrected chi connectivity index (χ1v) is 13.6. The van der Waals surface area contributed by atoms with E-state index >= 15 is 0 Å². The van der Waals surface area contributed by atoms with Crippen LogP contribution in [0.15, 0.2) is 144 Å². The van der Waals surface area contributed by atoms with Gasteiger partial charge in [0.1, 0.15) is 5.52 Å². The summed E-state index contributed by atoms with van der Waals surface area (Å²) >= 11 is 0. The Labute approximate surface area is 236 Å². The fourth-order valence-corrected chi connectivity index (χ4v) is 5.71. The fraction of sp³-hybridized carbons (Fsp3) is 0. The third-order valence-electron chi connectivity index (χ3n) is 7.66. The molecule has 41 heavy (non-hydrogen) atoms. The number of hydrogen-bond acceptors (Lipinski definition) is 4. The Bertz CT molecular complexity index is 2200. The third-order valence-corrected chi connectivity index (χ3v) is 7.66. The number of aromatic nitrogens is 3. The van der Waals surface area contributed by atoms with Crippen LogP contribution < -0.4 is 0 Å². The number of nitrogens with zero attached hydrogens (tertiary/aromatic N) is 3. The number of benzene rings is 6. The average molecular weight is 526 g/mol. The zero-order valence-corrected chi connectivity index (χ0v) is 22.0. The van der Waals surface area contributed by atoms with Crippen molar-refractivity contribution in [2.24, 2.45) is 0 Å². The summed E-state index contributed by atoms with van der Waals surface area (Å²) in [5.74, 6) is 0.723. The molecule has 0 saturated carbocycles. The molecule has 4 heteroatoms. The minimum atomic E-state index is 0.723. The van der Waals surface area contributed by atoms with E-state index in [2.05, 4.69) is 77.8 Å². The van der Waals surface area contributed by atoms with Gasteiger partial charge in [0.25, 0.3) is 0 Å². The molecule has 0 bridgehead atoms. The standard InChI is InChI=1S/C37H23N3O/c1-2-10-27(11-3-1)37-39-32-15-7-6-13-30(32)35(40-37)26-19-17-25(18-20-26)29-22-21-24-9-4-5-12-28(24)34(29)31-14-8-16-33-36(31)41-23-38-33/h1-23H. The molecule has 0 spiro atoms. The Balaban J connectivity index is 1.31. The van der Waals surface area contributed by atoms with Gasteiger partial charge in [0.15, 0.2) is 17.8 Å². The van der Waals surface area contributed by atoms with E-state index in [0.29, 0.717) is 0 Å². The van der Waals surface area contributed by atoms with Crippen LogP contribution in [0, 0.1) is 0 Å². The maximum atomic E-state index is 5.88. The van der Waals surface area contributed by atoms with E-state index in [0.717, 1.165) is 66.9 Å². The van der Waals surface area contributed by atoms with Crippen LogP contribution in [0.2, 0.25) is 0 Å². The number of rotatable bonds is 4. The van der Waals surface area contributed by atoms with Crippen LogP contribution in [-0.2, 0) is 0 Å². The SMILES string of the molecule is c1ccc(-c2nc(-c3ccc(-c4ccc5ccccc5c4-c4cccc5ncoc45)cc3)c3ccccc3n2)cc1. The Morgan fingerprint density at radius 3 is 2.07 bits per heavy atom. The highest BCUT2D eigenvalue weighted by Crippen LogP contribution is 2.41. The molecule has 8 aromatic rings. The molecule has 8 rings (SSSR count). The smallest absolute Gasteiger partial charge is 0.182 e. The van der Waals surface area contributed by atoms with Gasteiger partial charge in [-0.2, -0.15) is 0 Å². The first-order chi connectivity index (χ1) is 20.3. The molecular formula is C37H23N3O. The van der Waals surface area contributed by atoms with Crippen molar-refractivity contribution in [3.05, 3.63) is 140 Å². The van der Waals surface area contributed by atoms with E-state index in [1.165, 1.54) is 17.2 Å². The average Bonchev–Trinajstić information content (AvgIpc) is 3.54. The van der Waals surface area contributed by atoms with Crippen LogP contribution in [0.3, 0.4) is 0 Å². The Morgan fingerprint density at radius 1 is 0.463 bits per heavy atom. The zero-order valence-electron chi connectivity index (χ0n) is 22.0. The second-order valence-electron chi connectivity index (χ2n) is 10.1. The number of oxazole rings is 1. The van der Waals surface area contributed by atoms with Gasteiger partial charge in [-0.05, 0) is 34.0 Å². The van der Waals surface area contributed by atoms with E-state index in [-0.39, 0.29) is 0 Å². The van der Waals surface area contributed by atoms with Crippen LogP contribution in [-0.4, -0.2) is 15.0 Å². The summed E-state index contributed by atoms with van der Waals surface area (Å²) in [4.78, 5) is 14.3. The lowest BCUT2D eigenvalue weighted by molar-refractivity contribution is 0.603. The lowest BCUT2D eigenvalue weighted by Gasteiger charge is -2.15. The fourth-order valence-electron chi connectivity index (χ4n) is 5.71. The predicted molar refractivity (Wildman–Crippen MR) is 166 cm³/mol. The summed E-state index contributed by atoms with van der Waals surface area (Å²) in [6.45, 7) is 0. The minimum Gasteiger partial charge on any atom is -0.443 e. The van der Waals surface area contributed by atoms with E-state index in [9.17, 15) is 0 Å². The lowest BCUT2D eigenvalue weighted by atomic mass is 9.89. The van der Waals surface area contributed by atoms with Gasteiger partial charge in [-0.25, -0.2) is 15.0 Å². The molecule has 0 amide bonds. The molecular weight excluding hydrogens is 502 g/mol. The molecule has 4 nitrogen and oxygen atoms in total. The van der Waals surface area contributed by atoms with Gasteiger partial charge >= 0.3 is 0 Å². The van der Waals surface area contributed by atoms with Gasteiger partial charge in [0, 0.05) is 27.6 Å². The van der Waals surface area contributed by atoms with Crippen molar-refractivity contribution in [2.75, 3.05) is 0 Å². The van der Waals surface area contributed by atoms with Crippen molar-refractivity contribution in [2.45, 2.75) is 0 Å². The second kappa shape index (κ2) is 9.54. The molecule has 0 N–H and O–H groups in total. The maximum absolute atomic E-state index is 5.88. The van der Waals surface area contributed by atoms with Gasteiger partial charge in [-0.3, -0.25) is 0 Å². The van der Waals surface area contributed by atoms with Crippen LogP contribution in [0.4, 0.5) is 0 Å². The molecule has 0 fully saturated rings. The Morgan fingerprint density at radius 2 is 1.20 bits per heavy atom. The summed E-state index contributed by atoms with van der Waals surface area (Å²) in [7, 11) is 0. The summed E-state index contributed by atoms with van der Waals surface area (Å²) < 4.78 is 5.88. The van der Waals surface area contributed by atoms with E-state index in [1.54, 1.807) is 0 Å². The zero-order chi connectivity index (χ0) is 27.2. The molecule has 2 heterocycles. The highest BCUT2D eigenvalue weighted by atomic mass is 16.3. The van der Waals surface area contributed by atoms with E-state index < -0.39 is 0 Å². The summed E-state index contributed by atoms with van der Waals surface area (Å²) in [6.07, 6.45) is 1.52. The normalized spacial score (nSPS) is 11.4. The predicted octanol–water partition coefficient (Wildman–Crippen LogP) is 9.59. The highest BCUT2D eigenvalue weighted by Gasteiger charge is 2.17. The quantitative estimate of drug-likeness (QED) is 0.230. The largest absolute Gasteiger partial charge is 0.443 e. The first-order valence-electron chi connectivity index (χ1n) is 13.6. The molecule has 0 aliphatic rings. The van der Waals surface area contributed by atoms with Gasteiger partial charge < -0.3 is 4.42 Å². The van der Waals surface area contributed by atoms with Crippen molar-refractivity contribution in [1.29, 1.82) is 0 Å². The van der Waals surface area contributed by atoms with Crippen molar-refractivity contribution >= 4 is 32.8 Å². The molecule has 0 aliphatic carbocycles. The summed E-state index contributed by atoms with van der Waals surface area (Å²) in [5, 5.41) is 3.39. The lowest BCUT2D eigenvalue weighted by Crippen LogP contribution is -1.95. The van der Waals surface area contributed by atoms with Crippen molar-refractivity contribution in [3.8, 4) is 44.9 Å². The molecule has 0 aliphatic heterocycles. The number of para-hydroxylation sites is 2. The molecule has 2 aromatic heterocycles. The van der Waals surface area contributed by atoms with Gasteiger partial charge in [0.2, 0.25) is 0 Å². The minimum absolute atomic E-state index is 0.723. The summed E-state index contributed by atoms with van der Waals surface area (Å²) in [6, 6.07) is 46.0. The maximum Gasteiger partial charge on any atom is 0.182 e. The van der Waals surface area contributed by atoms with E-state index in [4.69, 9.17) is 14.4 Å². The molecule has 0 unspecified atom stereocenters. The molecule has 6 aromatic carbocycles. The van der Waals surface area contributed by atoms with Crippen LogP contribution in [0.5, 0.6) is 0 Å². The van der Waals surface area contributed by atoms with Crippen molar-refractivity contribution in [1.82, 2.24) is 15.0 Å². The molecule has 0 saturated heterocycles. The number of hydrogen-bond donors (Lipinski definition) is 0. The van der Waals surface area contributed by atoms with Gasteiger partial charge in [0.05, 0.1) is 11.2 Å². The third kappa shape index (κ3) is 3.97. The van der Waals surface area contributed by atoms with Crippen LogP contribution in [0.25, 0.3) is 77.7 Å². The van der Waals surface area contributed by atoms with E-state index in [1.807, 2.05) is 60.7 Å². The van der Waals surface area contributed by atoms with Gasteiger partial charge in [-0.1, -0.05) is 121 Å². The van der Waals surface area contributed by atoms with Gasteiger partial charge in [-0.15, -0.1) is 0 Å².